The van der Waals surface area contributed by atoms with Crippen LogP contribution in [0, 0.1) is 6.92 Å². The first-order valence-electron chi connectivity index (χ1n) is 4.66. The quantitative estimate of drug-likeness (QED) is 0.785. The Hall–Kier alpha value is -1.89. The molecule has 1 aliphatic rings. The lowest BCUT2D eigenvalue weighted by atomic mass is 10.1. The summed E-state index contributed by atoms with van der Waals surface area (Å²) in [5.74, 6) is 0.685. The molecular formula is C9H7N5OS. The average Bonchev–Trinajstić information content (AvgIpc) is 2.83. The Labute approximate surface area is 94.8 Å². The number of hydrogen-bond donors (Lipinski definition) is 1. The van der Waals surface area contributed by atoms with Crippen LogP contribution < -0.4 is 5.32 Å². The molecule has 7 heteroatoms. The van der Waals surface area contributed by atoms with Crippen molar-refractivity contribution < 1.29 is 4.79 Å². The maximum absolute atomic E-state index is 11.8. The van der Waals surface area contributed by atoms with Crippen molar-refractivity contribution in [2.75, 3.05) is 5.32 Å². The normalized spacial score (nSPS) is 18.3. The van der Waals surface area contributed by atoms with Crippen molar-refractivity contribution in [1.29, 1.82) is 0 Å². The molecule has 1 atom stereocenters. The van der Waals surface area contributed by atoms with Crippen molar-refractivity contribution in [1.82, 2.24) is 20.2 Å². The van der Waals surface area contributed by atoms with E-state index in [4.69, 9.17) is 0 Å². The summed E-state index contributed by atoms with van der Waals surface area (Å²) in [6, 6.07) is 0. The van der Waals surface area contributed by atoms with Crippen molar-refractivity contribution in [2.24, 2.45) is 0 Å². The van der Waals surface area contributed by atoms with Gasteiger partial charge < -0.3 is 5.32 Å². The van der Waals surface area contributed by atoms with E-state index in [1.54, 1.807) is 18.6 Å². The van der Waals surface area contributed by atoms with E-state index in [1.807, 2.05) is 0 Å². The number of fused-ring (bicyclic) bond motifs is 1. The minimum Gasteiger partial charge on any atom is -0.309 e. The molecule has 16 heavy (non-hydrogen) atoms. The third kappa shape index (κ3) is 1.28. The van der Waals surface area contributed by atoms with Gasteiger partial charge in [-0.15, -0.1) is 21.5 Å². The van der Waals surface area contributed by atoms with Crippen LogP contribution >= 0.6 is 11.3 Å². The van der Waals surface area contributed by atoms with Crippen LogP contribution in [0.25, 0.3) is 0 Å². The Morgan fingerprint density at radius 1 is 1.50 bits per heavy atom. The van der Waals surface area contributed by atoms with Crippen molar-refractivity contribution >= 4 is 23.1 Å². The van der Waals surface area contributed by atoms with E-state index in [-0.39, 0.29) is 5.91 Å². The molecule has 3 heterocycles. The van der Waals surface area contributed by atoms with E-state index >= 15 is 0 Å². The van der Waals surface area contributed by atoms with Crippen LogP contribution in [0.3, 0.4) is 0 Å². The zero-order valence-electron chi connectivity index (χ0n) is 8.34. The molecule has 1 N–H and O–H groups in total. The molecule has 0 fully saturated rings. The largest absolute Gasteiger partial charge is 0.309 e. The summed E-state index contributed by atoms with van der Waals surface area (Å²) in [5, 5.41) is 11.1. The number of carbonyl (C=O) groups is 1. The van der Waals surface area contributed by atoms with E-state index in [0.717, 1.165) is 5.56 Å². The highest BCUT2D eigenvalue weighted by Crippen LogP contribution is 2.35. The lowest BCUT2D eigenvalue weighted by Gasteiger charge is -2.02. The minimum absolute atomic E-state index is 0.119. The number of anilines is 1. The fourth-order valence-electron chi connectivity index (χ4n) is 1.67. The minimum atomic E-state index is -0.414. The monoisotopic (exact) mass is 233 g/mol. The van der Waals surface area contributed by atoms with Crippen LogP contribution in [0.1, 0.15) is 22.3 Å². The number of aromatic nitrogens is 4. The topological polar surface area (TPSA) is 80.7 Å². The van der Waals surface area contributed by atoms with Gasteiger partial charge in [0.25, 0.3) is 0 Å². The number of rotatable bonds is 1. The summed E-state index contributed by atoms with van der Waals surface area (Å²) in [5.41, 5.74) is 2.38. The second-order valence-electron chi connectivity index (χ2n) is 3.42. The molecule has 6 nitrogen and oxygen atoms in total. The molecule has 3 rings (SSSR count). The van der Waals surface area contributed by atoms with Crippen LogP contribution in [0.5, 0.6) is 0 Å². The van der Waals surface area contributed by atoms with Crippen LogP contribution in [-0.2, 0) is 4.79 Å². The molecule has 0 saturated carbocycles. The second kappa shape index (κ2) is 3.31. The number of nitrogens with zero attached hydrogens (tertiary/aromatic N) is 4. The molecule has 2 aromatic heterocycles. The van der Waals surface area contributed by atoms with Gasteiger partial charge in [0.1, 0.15) is 28.1 Å². The van der Waals surface area contributed by atoms with Gasteiger partial charge in [-0.3, -0.25) is 4.79 Å². The molecule has 0 spiro atoms. The SMILES string of the molecule is Cc1ncc2c(n1)NC(=O)C2c1nncs1. The second-order valence-corrected chi connectivity index (χ2v) is 4.29. The van der Waals surface area contributed by atoms with Gasteiger partial charge in [0.15, 0.2) is 0 Å². The Kier molecular flexibility index (Phi) is 1.93. The highest BCUT2D eigenvalue weighted by molar-refractivity contribution is 7.09. The van der Waals surface area contributed by atoms with E-state index in [1.165, 1.54) is 11.3 Å². The Morgan fingerprint density at radius 3 is 3.12 bits per heavy atom. The van der Waals surface area contributed by atoms with Crippen molar-refractivity contribution in [3.8, 4) is 0 Å². The van der Waals surface area contributed by atoms with Gasteiger partial charge in [0, 0.05) is 11.8 Å². The lowest BCUT2D eigenvalue weighted by Crippen LogP contribution is -2.13. The fourth-order valence-corrected chi connectivity index (χ4v) is 2.34. The first kappa shape index (κ1) is 9.34. The fraction of sp³-hybridized carbons (Fsp3) is 0.222. The van der Waals surface area contributed by atoms with Gasteiger partial charge >= 0.3 is 0 Å². The van der Waals surface area contributed by atoms with Gasteiger partial charge in [-0.25, -0.2) is 9.97 Å². The molecule has 0 saturated heterocycles. The zero-order valence-corrected chi connectivity index (χ0v) is 9.15. The summed E-state index contributed by atoms with van der Waals surface area (Å²) in [6.07, 6.45) is 1.67. The number of nitrogens with one attached hydrogen (secondary N) is 1. The number of aryl methyl sites for hydroxylation is 1. The highest BCUT2D eigenvalue weighted by Gasteiger charge is 2.35. The van der Waals surface area contributed by atoms with E-state index in [2.05, 4.69) is 25.5 Å². The van der Waals surface area contributed by atoms with Crippen LogP contribution in [-0.4, -0.2) is 26.1 Å². The smallest absolute Gasteiger partial charge is 0.240 e. The van der Waals surface area contributed by atoms with Gasteiger partial charge in [-0.05, 0) is 6.92 Å². The first-order valence-corrected chi connectivity index (χ1v) is 5.54. The molecule has 0 aliphatic carbocycles. The maximum Gasteiger partial charge on any atom is 0.240 e. The molecule has 0 bridgehead atoms. The van der Waals surface area contributed by atoms with Crippen LogP contribution in [0.4, 0.5) is 5.82 Å². The summed E-state index contributed by atoms with van der Waals surface area (Å²) < 4.78 is 0. The molecule has 1 amide bonds. The molecule has 80 valence electrons. The molecular weight excluding hydrogens is 226 g/mol. The van der Waals surface area contributed by atoms with E-state index in [9.17, 15) is 4.79 Å². The molecule has 1 unspecified atom stereocenters. The predicted molar refractivity (Wildman–Crippen MR) is 57.2 cm³/mol. The van der Waals surface area contributed by atoms with Gasteiger partial charge in [0.2, 0.25) is 5.91 Å². The first-order chi connectivity index (χ1) is 7.75. The van der Waals surface area contributed by atoms with Crippen molar-refractivity contribution in [3.05, 3.63) is 28.1 Å². The lowest BCUT2D eigenvalue weighted by molar-refractivity contribution is -0.116. The van der Waals surface area contributed by atoms with Crippen molar-refractivity contribution in [2.45, 2.75) is 12.8 Å². The maximum atomic E-state index is 11.8. The van der Waals surface area contributed by atoms with E-state index < -0.39 is 5.92 Å². The highest BCUT2D eigenvalue weighted by atomic mass is 32.1. The molecule has 2 aromatic rings. The number of amides is 1. The molecule has 0 radical (unpaired) electrons. The van der Waals surface area contributed by atoms with Crippen LogP contribution in [0.15, 0.2) is 11.7 Å². The summed E-state index contributed by atoms with van der Waals surface area (Å²) in [6.45, 7) is 1.78. The molecule has 1 aliphatic heterocycles. The Morgan fingerprint density at radius 2 is 2.38 bits per heavy atom. The number of hydrogen-bond acceptors (Lipinski definition) is 6. The summed E-state index contributed by atoms with van der Waals surface area (Å²) in [4.78, 5) is 20.1. The third-order valence-electron chi connectivity index (χ3n) is 2.38. The van der Waals surface area contributed by atoms with Gasteiger partial charge in [-0.2, -0.15) is 0 Å². The predicted octanol–water partition coefficient (Wildman–Crippen LogP) is 0.721. The zero-order chi connectivity index (χ0) is 11.1. The van der Waals surface area contributed by atoms with Gasteiger partial charge in [0.05, 0.1) is 0 Å². The average molecular weight is 233 g/mol. The summed E-state index contributed by atoms with van der Waals surface area (Å²) >= 11 is 1.35. The van der Waals surface area contributed by atoms with E-state index in [0.29, 0.717) is 16.6 Å². The van der Waals surface area contributed by atoms with Crippen molar-refractivity contribution in [3.63, 3.8) is 0 Å². The van der Waals surface area contributed by atoms with Crippen LogP contribution in [0.2, 0.25) is 0 Å². The number of carbonyl (C=O) groups excluding carboxylic acids is 1. The summed E-state index contributed by atoms with van der Waals surface area (Å²) in [7, 11) is 0. The third-order valence-corrected chi connectivity index (χ3v) is 3.13. The van der Waals surface area contributed by atoms with Gasteiger partial charge in [-0.1, -0.05) is 0 Å². The Balaban J connectivity index is 2.13. The Bertz CT molecular complexity index is 553. The standard InChI is InChI=1S/C9H7N5OS/c1-4-10-2-5-6(9-14-11-3-16-9)8(15)13-7(5)12-4/h2-3,6H,1H3,(H,10,12,13,15). The molecule has 0 aromatic carbocycles.